The quantitative estimate of drug-likeness (QED) is 0.192. The Labute approximate surface area is 225 Å². The molecule has 0 fully saturated rings. The molecular formula is C32H38O6. The van der Waals surface area contributed by atoms with Gasteiger partial charge < -0.3 is 19.7 Å². The van der Waals surface area contributed by atoms with Crippen LogP contribution in [-0.4, -0.2) is 28.1 Å². The van der Waals surface area contributed by atoms with Crippen molar-refractivity contribution in [3.05, 3.63) is 95.1 Å². The Kier molecular flexibility index (Phi) is 11.9. The molecule has 0 aliphatic carbocycles. The molecule has 0 radical (unpaired) electrons. The molecular weight excluding hydrogens is 480 g/mol. The zero-order valence-corrected chi connectivity index (χ0v) is 22.1. The molecule has 0 aromatic heterocycles. The lowest BCUT2D eigenvalue weighted by molar-refractivity contribution is -0.119. The van der Waals surface area contributed by atoms with E-state index in [1.165, 1.54) is 0 Å². The van der Waals surface area contributed by atoms with Crippen molar-refractivity contribution in [3.8, 4) is 11.5 Å². The van der Waals surface area contributed by atoms with Crippen LogP contribution < -0.4 is 9.47 Å². The van der Waals surface area contributed by atoms with Crippen LogP contribution in [0.5, 0.6) is 11.5 Å². The molecule has 0 saturated heterocycles. The maximum atomic E-state index is 12.3. The number of carbonyl (C=O) groups excluding carboxylic acids is 1. The summed E-state index contributed by atoms with van der Waals surface area (Å²) in [6.07, 6.45) is 4.85. The lowest BCUT2D eigenvalue weighted by Crippen LogP contribution is -2.09. The van der Waals surface area contributed by atoms with Gasteiger partial charge >= 0.3 is 5.97 Å². The standard InChI is InChI=1S/C32H38O6/c1-24(33)12-11-19-28(34)18-10-4-9-17-27-20-29(37-22-25-13-5-2-6-14-25)21-30(31(27)32(35)36)38-23-26-15-7-3-8-16-26/h2-3,5-8,13-16,20-21,24,33H,4,9-12,17-19,22-23H2,1H3,(H,35,36). The topological polar surface area (TPSA) is 93.1 Å². The van der Waals surface area contributed by atoms with E-state index in [2.05, 4.69) is 0 Å². The minimum atomic E-state index is -1.04. The van der Waals surface area contributed by atoms with Crippen molar-refractivity contribution in [2.45, 2.75) is 77.6 Å². The van der Waals surface area contributed by atoms with Crippen LogP contribution in [0.25, 0.3) is 0 Å². The molecule has 2 N–H and O–H groups in total. The molecule has 6 heteroatoms. The minimum absolute atomic E-state index is 0.155. The lowest BCUT2D eigenvalue weighted by atomic mass is 9.98. The van der Waals surface area contributed by atoms with Crippen molar-refractivity contribution >= 4 is 11.8 Å². The van der Waals surface area contributed by atoms with Gasteiger partial charge in [-0.25, -0.2) is 4.79 Å². The number of aryl methyl sites for hydroxylation is 1. The zero-order chi connectivity index (χ0) is 27.2. The van der Waals surface area contributed by atoms with E-state index in [4.69, 9.17) is 9.47 Å². The number of aliphatic hydroxyl groups is 1. The SMILES string of the molecule is CC(O)CCCC(=O)CCCCCc1cc(OCc2ccccc2)cc(OCc2ccccc2)c1C(=O)O. The number of rotatable bonds is 17. The molecule has 38 heavy (non-hydrogen) atoms. The van der Waals surface area contributed by atoms with E-state index >= 15 is 0 Å². The number of carbonyl (C=O) groups is 2. The summed E-state index contributed by atoms with van der Waals surface area (Å²) in [7, 11) is 0. The largest absolute Gasteiger partial charge is 0.489 e. The molecule has 0 amide bonds. The molecule has 3 aromatic rings. The number of aliphatic hydroxyl groups excluding tert-OH is 1. The second-order valence-corrected chi connectivity index (χ2v) is 9.65. The monoisotopic (exact) mass is 518 g/mol. The van der Waals surface area contributed by atoms with E-state index in [0.717, 1.165) is 30.4 Å². The Balaban J connectivity index is 1.67. The number of ketones is 1. The van der Waals surface area contributed by atoms with Crippen molar-refractivity contribution in [1.29, 1.82) is 0 Å². The molecule has 0 spiro atoms. The first-order valence-corrected chi connectivity index (χ1v) is 13.4. The maximum absolute atomic E-state index is 12.3. The number of hydrogen-bond donors (Lipinski definition) is 2. The highest BCUT2D eigenvalue weighted by atomic mass is 16.5. The number of benzene rings is 3. The van der Waals surface area contributed by atoms with Crippen LogP contribution in [0.3, 0.4) is 0 Å². The van der Waals surface area contributed by atoms with Gasteiger partial charge in [0.05, 0.1) is 6.10 Å². The molecule has 3 rings (SSSR count). The first kappa shape index (κ1) is 28.9. The second-order valence-electron chi connectivity index (χ2n) is 9.65. The van der Waals surface area contributed by atoms with Crippen LogP contribution in [0.15, 0.2) is 72.8 Å². The van der Waals surface area contributed by atoms with E-state index in [1.54, 1.807) is 19.1 Å². The van der Waals surface area contributed by atoms with Crippen LogP contribution in [0.1, 0.15) is 78.9 Å². The Hall–Kier alpha value is -3.64. The first-order chi connectivity index (χ1) is 18.4. The zero-order valence-electron chi connectivity index (χ0n) is 22.1. The summed E-state index contributed by atoms with van der Waals surface area (Å²) in [5.74, 6) is 0.0242. The third-order valence-electron chi connectivity index (χ3n) is 6.34. The molecule has 0 bridgehead atoms. The van der Waals surface area contributed by atoms with Gasteiger partial charge in [0, 0.05) is 18.9 Å². The third-order valence-corrected chi connectivity index (χ3v) is 6.34. The number of unbranched alkanes of at least 4 members (excludes halogenated alkanes) is 2. The van der Waals surface area contributed by atoms with Crippen molar-refractivity contribution in [2.75, 3.05) is 0 Å². The minimum Gasteiger partial charge on any atom is -0.489 e. The summed E-state index contributed by atoms with van der Waals surface area (Å²) in [6.45, 7) is 2.34. The molecule has 0 heterocycles. The average molecular weight is 519 g/mol. The van der Waals surface area contributed by atoms with Crippen molar-refractivity contribution < 1.29 is 29.3 Å². The predicted octanol–water partition coefficient (Wildman–Crippen LogP) is 6.77. The van der Waals surface area contributed by atoms with Gasteiger partial charge in [-0.05, 0) is 61.8 Å². The summed E-state index contributed by atoms with van der Waals surface area (Å²) in [6, 6.07) is 22.9. The smallest absolute Gasteiger partial charge is 0.339 e. The molecule has 202 valence electrons. The van der Waals surface area contributed by atoms with Gasteiger partial charge in [-0.15, -0.1) is 0 Å². The van der Waals surface area contributed by atoms with E-state index < -0.39 is 5.97 Å². The molecule has 1 unspecified atom stereocenters. The fourth-order valence-corrected chi connectivity index (χ4v) is 4.29. The molecule has 3 aromatic carbocycles. The van der Waals surface area contributed by atoms with E-state index in [1.807, 2.05) is 60.7 Å². The molecule has 6 nitrogen and oxygen atoms in total. The predicted molar refractivity (Wildman–Crippen MR) is 148 cm³/mol. The van der Waals surface area contributed by atoms with Gasteiger partial charge in [-0.3, -0.25) is 4.79 Å². The second kappa shape index (κ2) is 15.6. The van der Waals surface area contributed by atoms with Gasteiger partial charge in [0.2, 0.25) is 0 Å². The van der Waals surface area contributed by atoms with E-state index in [9.17, 15) is 19.8 Å². The summed E-state index contributed by atoms with van der Waals surface area (Å²) in [5, 5.41) is 19.4. The summed E-state index contributed by atoms with van der Waals surface area (Å²) >= 11 is 0. The molecule has 0 saturated carbocycles. The highest BCUT2D eigenvalue weighted by molar-refractivity contribution is 5.93. The number of Topliss-reactive ketones (excluding diaryl/α,β-unsaturated/α-hetero) is 1. The number of ether oxygens (including phenoxy) is 2. The van der Waals surface area contributed by atoms with Gasteiger partial charge in [0.1, 0.15) is 36.1 Å². The summed E-state index contributed by atoms with van der Waals surface area (Å²) in [4.78, 5) is 24.4. The van der Waals surface area contributed by atoms with Crippen molar-refractivity contribution in [1.82, 2.24) is 0 Å². The number of carboxylic acid groups (broad SMARTS) is 1. The number of hydrogen-bond acceptors (Lipinski definition) is 5. The number of aromatic carboxylic acids is 1. The third kappa shape index (κ3) is 10.0. The van der Waals surface area contributed by atoms with Crippen LogP contribution in [0.2, 0.25) is 0 Å². The van der Waals surface area contributed by atoms with Crippen molar-refractivity contribution in [2.24, 2.45) is 0 Å². The van der Waals surface area contributed by atoms with Crippen LogP contribution in [0, 0.1) is 0 Å². The van der Waals surface area contributed by atoms with Crippen LogP contribution >= 0.6 is 0 Å². The Morgan fingerprint density at radius 2 is 1.39 bits per heavy atom. The van der Waals surface area contributed by atoms with Crippen molar-refractivity contribution in [3.63, 3.8) is 0 Å². The normalized spacial score (nSPS) is 11.6. The highest BCUT2D eigenvalue weighted by Gasteiger charge is 2.19. The maximum Gasteiger partial charge on any atom is 0.339 e. The molecule has 0 aliphatic heterocycles. The summed E-state index contributed by atoms with van der Waals surface area (Å²) < 4.78 is 12.0. The first-order valence-electron chi connectivity index (χ1n) is 13.4. The van der Waals surface area contributed by atoms with Gasteiger partial charge in [-0.1, -0.05) is 67.1 Å². The Bertz CT molecular complexity index is 1140. The lowest BCUT2D eigenvalue weighted by Gasteiger charge is -2.16. The highest BCUT2D eigenvalue weighted by Crippen LogP contribution is 2.32. The fraction of sp³-hybridized carbons (Fsp3) is 0.375. The van der Waals surface area contributed by atoms with Gasteiger partial charge in [-0.2, -0.15) is 0 Å². The summed E-state index contributed by atoms with van der Waals surface area (Å²) in [5.41, 5.74) is 2.77. The van der Waals surface area contributed by atoms with Crippen LogP contribution in [0.4, 0.5) is 0 Å². The Morgan fingerprint density at radius 3 is 2.00 bits per heavy atom. The van der Waals surface area contributed by atoms with E-state index in [-0.39, 0.29) is 29.8 Å². The molecule has 0 aliphatic rings. The van der Waals surface area contributed by atoms with Gasteiger partial charge in [0.15, 0.2) is 0 Å². The van der Waals surface area contributed by atoms with Gasteiger partial charge in [0.25, 0.3) is 0 Å². The number of carboxylic acids is 1. The average Bonchev–Trinajstić information content (AvgIpc) is 2.91. The Morgan fingerprint density at radius 1 is 0.789 bits per heavy atom. The van der Waals surface area contributed by atoms with E-state index in [0.29, 0.717) is 50.0 Å². The molecule has 1 atom stereocenters. The van der Waals surface area contributed by atoms with Crippen LogP contribution in [-0.2, 0) is 24.4 Å². The fourth-order valence-electron chi connectivity index (χ4n) is 4.29.